The van der Waals surface area contributed by atoms with Crippen LogP contribution in [-0.2, 0) is 23.4 Å². The highest BCUT2D eigenvalue weighted by molar-refractivity contribution is 7.59. The number of thiophene rings is 1. The molecule has 2 unspecified atom stereocenters. The first-order chi connectivity index (χ1) is 18.1. The van der Waals surface area contributed by atoms with Gasteiger partial charge in [-0.25, -0.2) is 0 Å². The second kappa shape index (κ2) is 12.1. The van der Waals surface area contributed by atoms with Crippen molar-refractivity contribution in [1.82, 2.24) is 5.32 Å². The van der Waals surface area contributed by atoms with Crippen LogP contribution in [0.1, 0.15) is 37.6 Å². The summed E-state index contributed by atoms with van der Waals surface area (Å²) in [7, 11) is -3.82. The van der Waals surface area contributed by atoms with Crippen molar-refractivity contribution in [3.8, 4) is 5.75 Å². The Morgan fingerprint density at radius 1 is 1.15 bits per heavy atom. The van der Waals surface area contributed by atoms with Crippen LogP contribution in [0.2, 0.25) is 5.02 Å². The SMILES string of the molecule is CC(C)(C)C(=O)OCOP(C)(=O)C(C(=O)NC=Cc1cccc(OC(F)(F)F)c1)c1csc2ccc(Cl)cc12. The molecule has 1 aromatic heterocycles. The fourth-order valence-electron chi connectivity index (χ4n) is 3.43. The lowest BCUT2D eigenvalue weighted by Gasteiger charge is -2.24. The normalized spacial score (nSPS) is 14.7. The van der Waals surface area contributed by atoms with Crippen LogP contribution in [0.4, 0.5) is 13.2 Å². The largest absolute Gasteiger partial charge is 0.573 e. The summed E-state index contributed by atoms with van der Waals surface area (Å²) < 4.78 is 66.6. The summed E-state index contributed by atoms with van der Waals surface area (Å²) in [6.45, 7) is 5.58. The third kappa shape index (κ3) is 8.57. The molecule has 0 saturated heterocycles. The highest BCUT2D eigenvalue weighted by Crippen LogP contribution is 2.59. The van der Waals surface area contributed by atoms with Crippen LogP contribution in [-0.4, -0.2) is 31.7 Å². The van der Waals surface area contributed by atoms with E-state index in [1.165, 1.54) is 42.4 Å². The first-order valence-corrected chi connectivity index (χ1v) is 14.8. The molecule has 1 heterocycles. The maximum atomic E-state index is 13.8. The minimum absolute atomic E-state index is 0.311. The Labute approximate surface area is 232 Å². The highest BCUT2D eigenvalue weighted by atomic mass is 35.5. The average Bonchev–Trinajstić information content (AvgIpc) is 3.19. The van der Waals surface area contributed by atoms with Crippen LogP contribution >= 0.6 is 30.3 Å². The lowest BCUT2D eigenvalue weighted by atomic mass is 9.98. The van der Waals surface area contributed by atoms with Gasteiger partial charge in [0, 0.05) is 22.6 Å². The summed E-state index contributed by atoms with van der Waals surface area (Å²) >= 11 is 7.48. The molecule has 3 aromatic rings. The summed E-state index contributed by atoms with van der Waals surface area (Å²) in [4.78, 5) is 25.5. The number of hydrogen-bond acceptors (Lipinski definition) is 7. The number of rotatable bonds is 9. The van der Waals surface area contributed by atoms with Gasteiger partial charge in [-0.1, -0.05) is 23.7 Å². The Morgan fingerprint density at radius 2 is 1.87 bits per heavy atom. The molecule has 0 aliphatic rings. The van der Waals surface area contributed by atoms with E-state index in [9.17, 15) is 27.3 Å². The number of carbonyl (C=O) groups excluding carboxylic acids is 2. The zero-order chi connectivity index (χ0) is 29.0. The van der Waals surface area contributed by atoms with Gasteiger partial charge in [-0.3, -0.25) is 18.7 Å². The first-order valence-electron chi connectivity index (χ1n) is 11.5. The molecule has 0 spiro atoms. The Hall–Kier alpha value is -2.85. The van der Waals surface area contributed by atoms with Crippen molar-refractivity contribution in [2.75, 3.05) is 13.5 Å². The van der Waals surface area contributed by atoms with Gasteiger partial charge in [0.1, 0.15) is 11.4 Å². The minimum Gasteiger partial charge on any atom is -0.438 e. The van der Waals surface area contributed by atoms with Crippen molar-refractivity contribution < 1.29 is 41.3 Å². The van der Waals surface area contributed by atoms with Crippen molar-refractivity contribution in [2.45, 2.75) is 32.8 Å². The molecule has 0 saturated carbocycles. The van der Waals surface area contributed by atoms with Gasteiger partial charge in [0.2, 0.25) is 13.3 Å². The molecular formula is C26H26ClF3NO6PS. The number of fused-ring (bicyclic) bond motifs is 1. The first kappa shape index (κ1) is 30.7. The Kier molecular flexibility index (Phi) is 9.54. The maximum Gasteiger partial charge on any atom is 0.573 e. The quantitative estimate of drug-likeness (QED) is 0.153. The molecule has 2 aromatic carbocycles. The standard InChI is InChI=1S/C26H26ClF3NO6PS/c1-25(2,3)24(33)35-15-36-38(4,34)22(20-14-39-21-9-8-17(27)13-19(20)21)23(32)31-11-10-16-6-5-7-18(12-16)37-26(28,29)30/h5-14,22H,15H2,1-4H3,(H,31,32). The summed E-state index contributed by atoms with van der Waals surface area (Å²) in [6.07, 6.45) is -2.28. The van der Waals surface area contributed by atoms with E-state index in [0.717, 1.165) is 16.8 Å². The molecule has 0 fully saturated rings. The van der Waals surface area contributed by atoms with Gasteiger partial charge in [-0.05, 0) is 79.1 Å². The van der Waals surface area contributed by atoms with E-state index in [1.54, 1.807) is 44.4 Å². The van der Waals surface area contributed by atoms with Crippen LogP contribution in [0.15, 0.2) is 54.0 Å². The predicted octanol–water partition coefficient (Wildman–Crippen LogP) is 7.75. The van der Waals surface area contributed by atoms with E-state index in [0.29, 0.717) is 21.5 Å². The topological polar surface area (TPSA) is 90.9 Å². The molecule has 210 valence electrons. The van der Waals surface area contributed by atoms with Crippen molar-refractivity contribution >= 4 is 58.3 Å². The monoisotopic (exact) mass is 603 g/mol. The molecule has 0 aliphatic carbocycles. The smallest absolute Gasteiger partial charge is 0.438 e. The van der Waals surface area contributed by atoms with E-state index < -0.39 is 49.2 Å². The molecule has 13 heteroatoms. The predicted molar refractivity (Wildman–Crippen MR) is 145 cm³/mol. The second-order valence-electron chi connectivity index (χ2n) is 9.53. The van der Waals surface area contributed by atoms with Crippen molar-refractivity contribution in [3.63, 3.8) is 0 Å². The lowest BCUT2D eigenvalue weighted by molar-refractivity contribution is -0.274. The van der Waals surface area contributed by atoms with Crippen molar-refractivity contribution in [2.24, 2.45) is 5.41 Å². The molecule has 2 atom stereocenters. The molecule has 7 nitrogen and oxygen atoms in total. The number of hydrogen-bond donors (Lipinski definition) is 1. The number of benzene rings is 2. The molecule has 0 aliphatic heterocycles. The van der Waals surface area contributed by atoms with Crippen LogP contribution in [0.3, 0.4) is 0 Å². The van der Waals surface area contributed by atoms with Gasteiger partial charge in [0.25, 0.3) is 0 Å². The number of carbonyl (C=O) groups is 2. The average molecular weight is 604 g/mol. The zero-order valence-electron chi connectivity index (χ0n) is 21.4. The van der Waals surface area contributed by atoms with E-state index in [-0.39, 0.29) is 0 Å². The zero-order valence-corrected chi connectivity index (χ0v) is 23.8. The van der Waals surface area contributed by atoms with Gasteiger partial charge in [-0.2, -0.15) is 0 Å². The molecule has 39 heavy (non-hydrogen) atoms. The molecule has 0 radical (unpaired) electrons. The number of amides is 1. The van der Waals surface area contributed by atoms with Gasteiger partial charge in [0.05, 0.1) is 5.41 Å². The number of alkyl halides is 3. The molecule has 0 bridgehead atoms. The summed E-state index contributed by atoms with van der Waals surface area (Å²) in [5.74, 6) is -1.70. The Morgan fingerprint density at radius 3 is 2.54 bits per heavy atom. The Bertz CT molecular complexity index is 1430. The summed E-state index contributed by atoms with van der Waals surface area (Å²) in [6, 6.07) is 10.2. The third-order valence-electron chi connectivity index (χ3n) is 5.28. The molecule has 3 rings (SSSR count). The van der Waals surface area contributed by atoms with Crippen LogP contribution < -0.4 is 10.1 Å². The van der Waals surface area contributed by atoms with Gasteiger partial charge >= 0.3 is 12.3 Å². The fraction of sp³-hybridized carbons (Fsp3) is 0.308. The second-order valence-corrected chi connectivity index (χ2v) is 13.5. The van der Waals surface area contributed by atoms with E-state index >= 15 is 0 Å². The van der Waals surface area contributed by atoms with Gasteiger partial charge in [-0.15, -0.1) is 24.5 Å². The fourth-order valence-corrected chi connectivity index (χ4v) is 6.30. The van der Waals surface area contributed by atoms with E-state index in [2.05, 4.69) is 10.1 Å². The Balaban J connectivity index is 1.86. The van der Waals surface area contributed by atoms with Crippen LogP contribution in [0, 0.1) is 5.41 Å². The highest BCUT2D eigenvalue weighted by Gasteiger charge is 2.39. The number of halogens is 4. The molecule has 1 amide bonds. The lowest BCUT2D eigenvalue weighted by Crippen LogP contribution is -2.27. The van der Waals surface area contributed by atoms with E-state index in [1.807, 2.05) is 0 Å². The van der Waals surface area contributed by atoms with Crippen molar-refractivity contribution in [1.29, 1.82) is 0 Å². The third-order valence-corrected chi connectivity index (χ3v) is 8.57. The molecule has 1 N–H and O–H groups in total. The summed E-state index contributed by atoms with van der Waals surface area (Å²) in [5, 5.41) is 5.21. The van der Waals surface area contributed by atoms with Crippen molar-refractivity contribution in [3.05, 3.63) is 70.2 Å². The minimum atomic E-state index is -4.85. The van der Waals surface area contributed by atoms with Crippen LogP contribution in [0.5, 0.6) is 5.75 Å². The number of nitrogens with one attached hydrogen (secondary N) is 1. The summed E-state index contributed by atoms with van der Waals surface area (Å²) in [5.41, 5.74) is -1.42. The van der Waals surface area contributed by atoms with E-state index in [4.69, 9.17) is 20.9 Å². The van der Waals surface area contributed by atoms with Crippen LogP contribution in [0.25, 0.3) is 16.2 Å². The maximum absolute atomic E-state index is 13.8. The molecular weight excluding hydrogens is 578 g/mol. The van der Waals surface area contributed by atoms with Gasteiger partial charge < -0.3 is 14.8 Å². The van der Waals surface area contributed by atoms with Gasteiger partial charge in [0.15, 0.2) is 6.79 Å². The number of ether oxygens (including phenoxy) is 2. The number of esters is 1.